The number of fused-ring (bicyclic) bond motifs is 3. The number of hydrogen-bond donors (Lipinski definition) is 0. The zero-order chi connectivity index (χ0) is 16.8. The summed E-state index contributed by atoms with van der Waals surface area (Å²) in [4.78, 5) is 0. The maximum Gasteiger partial charge on any atom is -1.00 e. The Bertz CT molecular complexity index is 885. The average molecular weight is 463 g/mol. The van der Waals surface area contributed by atoms with Crippen LogP contribution in [0.15, 0.2) is 69.0 Å². The fourth-order valence-corrected chi connectivity index (χ4v) is 13.1. The summed E-state index contributed by atoms with van der Waals surface area (Å²) in [6.07, 6.45) is 3.64. The Hall–Kier alpha value is -0.747. The summed E-state index contributed by atoms with van der Waals surface area (Å²) >= 11 is -1.96. The van der Waals surface area contributed by atoms with Crippen LogP contribution in [0.5, 0.6) is 0 Å². The molecule has 2 aliphatic rings. The third-order valence-corrected chi connectivity index (χ3v) is 14.3. The van der Waals surface area contributed by atoms with Crippen LogP contribution in [0, 0.1) is 0 Å². The SMILES string of the molecule is CC1=CC[C]([Zr+2](=[C](C)C)[CH]2c3ccccc3-c3ccccc32)=C1C.[Cl-].[Cl-]. The number of halogens is 2. The average Bonchev–Trinajstić information content (AvgIpc) is 3.08. The summed E-state index contributed by atoms with van der Waals surface area (Å²) in [5, 5.41) is 0. The molecule has 0 nitrogen and oxygen atoms in total. The minimum atomic E-state index is -1.96. The predicted molar refractivity (Wildman–Crippen MR) is 101 cm³/mol. The quantitative estimate of drug-likeness (QED) is 0.599. The third kappa shape index (κ3) is 3.39. The number of allylic oxidation sites excluding steroid dienone is 4. The molecule has 0 N–H and O–H groups in total. The number of hydrogen-bond acceptors (Lipinski definition) is 0. The van der Waals surface area contributed by atoms with Crippen molar-refractivity contribution in [1.29, 1.82) is 0 Å². The van der Waals surface area contributed by atoms with Gasteiger partial charge in [0.25, 0.3) is 0 Å². The molecule has 3 heteroatoms. The minimum absolute atomic E-state index is 0. The van der Waals surface area contributed by atoms with Gasteiger partial charge < -0.3 is 24.8 Å². The van der Waals surface area contributed by atoms with E-state index in [2.05, 4.69) is 82.3 Å². The Morgan fingerprint density at radius 2 is 1.35 bits per heavy atom. The monoisotopic (exact) mass is 460 g/mol. The Morgan fingerprint density at radius 3 is 1.77 bits per heavy atom. The number of rotatable bonds is 2. The van der Waals surface area contributed by atoms with Gasteiger partial charge in [-0.3, -0.25) is 0 Å². The van der Waals surface area contributed by atoms with Crippen molar-refractivity contribution in [3.8, 4) is 11.1 Å². The van der Waals surface area contributed by atoms with Gasteiger partial charge in [0.2, 0.25) is 0 Å². The smallest absolute Gasteiger partial charge is 1.00 e. The molecule has 0 saturated carbocycles. The van der Waals surface area contributed by atoms with Crippen molar-refractivity contribution < 1.29 is 46.1 Å². The second kappa shape index (κ2) is 8.51. The van der Waals surface area contributed by atoms with Crippen LogP contribution in [-0.4, -0.2) is 3.21 Å². The molecule has 0 fully saturated rings. The Morgan fingerprint density at radius 1 is 0.846 bits per heavy atom. The molecule has 0 aliphatic heterocycles. The molecular formula is C23H24Cl2Zr. The molecule has 0 unspecified atom stereocenters. The Kier molecular flexibility index (Phi) is 7.05. The van der Waals surface area contributed by atoms with E-state index in [9.17, 15) is 0 Å². The first-order valence-corrected chi connectivity index (χ1v) is 12.7. The van der Waals surface area contributed by atoms with Crippen LogP contribution in [0.4, 0.5) is 0 Å². The van der Waals surface area contributed by atoms with Gasteiger partial charge in [-0.05, 0) is 0 Å². The van der Waals surface area contributed by atoms with Gasteiger partial charge in [0, 0.05) is 0 Å². The molecule has 4 rings (SSSR count). The van der Waals surface area contributed by atoms with Gasteiger partial charge in [0.15, 0.2) is 0 Å². The van der Waals surface area contributed by atoms with Crippen LogP contribution in [0.3, 0.4) is 0 Å². The maximum absolute atomic E-state index is 2.45. The van der Waals surface area contributed by atoms with E-state index in [1.165, 1.54) is 23.1 Å². The summed E-state index contributed by atoms with van der Waals surface area (Å²) in [5.41, 5.74) is 9.20. The van der Waals surface area contributed by atoms with Crippen LogP contribution < -0.4 is 24.8 Å². The molecule has 2 aliphatic carbocycles. The van der Waals surface area contributed by atoms with Crippen molar-refractivity contribution >= 4 is 3.21 Å². The van der Waals surface area contributed by atoms with Gasteiger partial charge in [-0.1, -0.05) is 0 Å². The van der Waals surface area contributed by atoms with Crippen molar-refractivity contribution in [2.45, 2.75) is 37.7 Å². The zero-order valence-electron chi connectivity index (χ0n) is 15.7. The van der Waals surface area contributed by atoms with Crippen molar-refractivity contribution in [3.63, 3.8) is 0 Å². The van der Waals surface area contributed by atoms with Gasteiger partial charge in [-0.25, -0.2) is 0 Å². The van der Waals surface area contributed by atoms with E-state index in [-0.39, 0.29) is 24.8 Å². The van der Waals surface area contributed by atoms with Crippen LogP contribution >= 0.6 is 0 Å². The number of benzene rings is 2. The molecule has 0 bridgehead atoms. The van der Waals surface area contributed by atoms with E-state index in [0.717, 1.165) is 0 Å². The van der Waals surface area contributed by atoms with E-state index in [1.54, 1.807) is 19.9 Å². The molecule has 0 atom stereocenters. The van der Waals surface area contributed by atoms with Gasteiger partial charge in [0.1, 0.15) is 0 Å². The Balaban J connectivity index is 0.00000121. The summed E-state index contributed by atoms with van der Waals surface area (Å²) in [7, 11) is 0. The molecule has 2 aromatic rings. The normalized spacial score (nSPS) is 14.5. The second-order valence-electron chi connectivity index (χ2n) is 7.22. The van der Waals surface area contributed by atoms with E-state index in [4.69, 9.17) is 0 Å². The van der Waals surface area contributed by atoms with E-state index in [0.29, 0.717) is 3.63 Å². The molecule has 26 heavy (non-hydrogen) atoms. The minimum Gasteiger partial charge on any atom is -1.00 e. The molecule has 134 valence electrons. The maximum atomic E-state index is 2.45. The molecule has 0 saturated heterocycles. The summed E-state index contributed by atoms with van der Waals surface area (Å²) in [6, 6.07) is 18.2. The van der Waals surface area contributed by atoms with E-state index >= 15 is 0 Å². The van der Waals surface area contributed by atoms with E-state index < -0.39 is 21.3 Å². The molecule has 0 amide bonds. The van der Waals surface area contributed by atoms with Crippen LogP contribution in [0.1, 0.15) is 48.9 Å². The second-order valence-corrected chi connectivity index (χ2v) is 14.6. The summed E-state index contributed by atoms with van der Waals surface area (Å²) in [5.74, 6) is 0. The molecule has 2 aromatic carbocycles. The van der Waals surface area contributed by atoms with Crippen molar-refractivity contribution in [2.24, 2.45) is 0 Å². The molecule has 0 spiro atoms. The Labute approximate surface area is 177 Å². The molecule has 0 heterocycles. The fraction of sp³-hybridized carbons (Fsp3) is 0.261. The first-order chi connectivity index (χ1) is 11.6. The first-order valence-electron chi connectivity index (χ1n) is 8.82. The standard InChI is InChI=1S/C13H9.C7H9.C3H6.2ClH.Zr/c1-3-7-12-10(5-1)9-11-6-2-4-8-13(11)12;1-6-4-3-5-7(6)2;1-3-2;;;/h1-9H;4H,3H2,1-2H3;1-2H3;2*1H;/q;;;;;+2/p-2. The topological polar surface area (TPSA) is 0 Å². The fourth-order valence-electron chi connectivity index (χ4n) is 4.34. The third-order valence-electron chi connectivity index (χ3n) is 5.64. The van der Waals surface area contributed by atoms with Crippen molar-refractivity contribution in [2.75, 3.05) is 0 Å². The molecular weight excluding hydrogens is 438 g/mol. The predicted octanol–water partition coefficient (Wildman–Crippen LogP) is 0.219. The first kappa shape index (κ1) is 21.6. The molecule has 0 radical (unpaired) electrons. The van der Waals surface area contributed by atoms with Crippen LogP contribution in [-0.2, 0) is 21.3 Å². The summed E-state index contributed by atoms with van der Waals surface area (Å²) < 4.78 is 4.17. The van der Waals surface area contributed by atoms with Gasteiger partial charge in [-0.2, -0.15) is 0 Å². The zero-order valence-corrected chi connectivity index (χ0v) is 19.7. The van der Waals surface area contributed by atoms with Gasteiger partial charge in [-0.15, -0.1) is 0 Å². The van der Waals surface area contributed by atoms with Gasteiger partial charge >= 0.3 is 154 Å². The summed E-state index contributed by atoms with van der Waals surface area (Å²) in [6.45, 7) is 9.42. The molecule has 0 aromatic heterocycles. The van der Waals surface area contributed by atoms with E-state index in [1.807, 2.05) is 3.28 Å². The van der Waals surface area contributed by atoms with Crippen LogP contribution in [0.2, 0.25) is 0 Å². The largest absolute Gasteiger partial charge is 1.00 e. The van der Waals surface area contributed by atoms with Crippen molar-refractivity contribution in [3.05, 3.63) is 80.2 Å². The van der Waals surface area contributed by atoms with Crippen molar-refractivity contribution in [1.82, 2.24) is 0 Å². The van der Waals surface area contributed by atoms with Crippen LogP contribution in [0.25, 0.3) is 11.1 Å². The van der Waals surface area contributed by atoms with Gasteiger partial charge in [0.05, 0.1) is 0 Å².